The van der Waals surface area contributed by atoms with Crippen LogP contribution in [0.5, 0.6) is 0 Å². The lowest BCUT2D eigenvalue weighted by Gasteiger charge is -2.25. The van der Waals surface area contributed by atoms with E-state index in [1.807, 2.05) is 87.5 Å². The molecule has 0 fully saturated rings. The molecule has 4 heteroatoms. The highest BCUT2D eigenvalue weighted by atomic mass is 16.5. The first-order chi connectivity index (χ1) is 19.4. The number of aliphatic hydroxyl groups excluding tert-OH is 1. The topological polar surface area (TPSA) is 58.9 Å². The average Bonchev–Trinajstić information content (AvgIpc) is 2.96. The van der Waals surface area contributed by atoms with Crippen LogP contribution in [0, 0.1) is 5.41 Å². The Hall–Kier alpha value is -2.72. The Morgan fingerprint density at radius 1 is 0.800 bits per heavy atom. The lowest BCUT2D eigenvalue weighted by molar-refractivity contribution is -0.157. The number of carbonyl (C=O) groups excluding carboxylic acids is 1. The molecule has 0 bridgehead atoms. The van der Waals surface area contributed by atoms with Crippen molar-refractivity contribution in [3.05, 3.63) is 83.9 Å². The zero-order valence-corrected chi connectivity index (χ0v) is 25.5. The molecule has 0 heterocycles. The Balaban J connectivity index is 2.04. The summed E-state index contributed by atoms with van der Waals surface area (Å²) in [6.07, 6.45) is 18.7. The van der Waals surface area contributed by atoms with Gasteiger partial charge in [-0.25, -0.2) is 0 Å². The van der Waals surface area contributed by atoms with Gasteiger partial charge in [-0.15, -0.1) is 0 Å². The number of carbonyl (C=O) groups is 1. The Labute approximate surface area is 244 Å². The van der Waals surface area contributed by atoms with Crippen molar-refractivity contribution in [3.63, 3.8) is 0 Å². The molecule has 0 aliphatic heterocycles. The molecule has 1 N–H and O–H groups in total. The highest BCUT2D eigenvalue weighted by molar-refractivity contribution is 6.13. The van der Waals surface area contributed by atoms with Gasteiger partial charge in [0.1, 0.15) is 12.1 Å². The minimum atomic E-state index is -0.646. The SMILES string of the molecule is CCCCCCCCCCCCC/C=C/[C@H](OC(=O)C(C)(C)C)[C@H](CO)N=C(c1ccccc1)c1ccccc1. The van der Waals surface area contributed by atoms with Crippen molar-refractivity contribution in [1.29, 1.82) is 0 Å². The van der Waals surface area contributed by atoms with Crippen molar-refractivity contribution in [2.75, 3.05) is 6.61 Å². The van der Waals surface area contributed by atoms with Crippen LogP contribution in [0.4, 0.5) is 0 Å². The molecule has 0 spiro atoms. The highest BCUT2D eigenvalue weighted by Gasteiger charge is 2.29. The van der Waals surface area contributed by atoms with Gasteiger partial charge in [-0.1, -0.05) is 138 Å². The first kappa shape index (κ1) is 33.5. The third kappa shape index (κ3) is 13.1. The van der Waals surface area contributed by atoms with Crippen molar-refractivity contribution in [2.24, 2.45) is 10.4 Å². The third-order valence-electron chi connectivity index (χ3n) is 7.11. The van der Waals surface area contributed by atoms with E-state index in [1.54, 1.807) is 0 Å². The summed E-state index contributed by atoms with van der Waals surface area (Å²) in [7, 11) is 0. The quantitative estimate of drug-likeness (QED) is 0.0826. The van der Waals surface area contributed by atoms with Crippen LogP contribution in [0.25, 0.3) is 0 Å². The molecule has 0 aromatic heterocycles. The van der Waals surface area contributed by atoms with Crippen LogP contribution in [0.2, 0.25) is 0 Å². The average molecular weight is 548 g/mol. The second kappa shape index (κ2) is 19.4. The minimum Gasteiger partial charge on any atom is -0.455 e. The van der Waals surface area contributed by atoms with Crippen molar-refractivity contribution in [2.45, 2.75) is 117 Å². The molecule has 0 aliphatic carbocycles. The zero-order valence-electron chi connectivity index (χ0n) is 25.5. The van der Waals surface area contributed by atoms with Gasteiger partial charge < -0.3 is 9.84 Å². The molecule has 0 aliphatic rings. The molecule has 40 heavy (non-hydrogen) atoms. The van der Waals surface area contributed by atoms with Gasteiger partial charge in [0.2, 0.25) is 0 Å². The van der Waals surface area contributed by atoms with Gasteiger partial charge in [0, 0.05) is 11.1 Å². The molecule has 0 radical (unpaired) electrons. The number of aliphatic hydroxyl groups is 1. The highest BCUT2D eigenvalue weighted by Crippen LogP contribution is 2.21. The number of esters is 1. The van der Waals surface area contributed by atoms with Crippen LogP contribution in [-0.2, 0) is 9.53 Å². The summed E-state index contributed by atoms with van der Waals surface area (Å²) >= 11 is 0. The van der Waals surface area contributed by atoms with Gasteiger partial charge in [0.05, 0.1) is 17.7 Å². The van der Waals surface area contributed by atoms with Crippen LogP contribution in [0.15, 0.2) is 77.8 Å². The van der Waals surface area contributed by atoms with Gasteiger partial charge >= 0.3 is 5.97 Å². The Morgan fingerprint density at radius 3 is 1.73 bits per heavy atom. The number of ether oxygens (including phenoxy) is 1. The van der Waals surface area contributed by atoms with Crippen molar-refractivity contribution in [3.8, 4) is 0 Å². The zero-order chi connectivity index (χ0) is 29.1. The minimum absolute atomic E-state index is 0.228. The normalized spacial score (nSPS) is 13.2. The fourth-order valence-corrected chi connectivity index (χ4v) is 4.59. The van der Waals surface area contributed by atoms with E-state index in [0.717, 1.165) is 29.7 Å². The first-order valence-corrected chi connectivity index (χ1v) is 15.5. The molecule has 4 nitrogen and oxygen atoms in total. The molecule has 2 aromatic carbocycles. The predicted octanol–water partition coefficient (Wildman–Crippen LogP) is 9.10. The number of hydrogen-bond acceptors (Lipinski definition) is 4. The lowest BCUT2D eigenvalue weighted by Crippen LogP contribution is -2.36. The Bertz CT molecular complexity index is 950. The van der Waals surface area contributed by atoms with E-state index in [4.69, 9.17) is 9.73 Å². The van der Waals surface area contributed by atoms with Crippen LogP contribution >= 0.6 is 0 Å². The molecule has 0 saturated heterocycles. The van der Waals surface area contributed by atoms with Gasteiger partial charge in [0.15, 0.2) is 0 Å². The number of unbranched alkanes of at least 4 members (excludes halogenated alkanes) is 11. The second-order valence-corrected chi connectivity index (χ2v) is 11.8. The number of nitrogens with zero attached hydrogens (tertiary/aromatic N) is 1. The summed E-state index contributed by atoms with van der Waals surface area (Å²) in [4.78, 5) is 17.9. The maximum atomic E-state index is 12.9. The maximum Gasteiger partial charge on any atom is 0.311 e. The molecule has 0 saturated carbocycles. The monoisotopic (exact) mass is 547 g/mol. The molecule has 0 unspecified atom stereocenters. The Kier molecular flexibility index (Phi) is 16.2. The largest absolute Gasteiger partial charge is 0.455 e. The second-order valence-electron chi connectivity index (χ2n) is 11.8. The number of rotatable bonds is 19. The summed E-state index contributed by atoms with van der Waals surface area (Å²) in [6.45, 7) is 7.57. The molecular weight excluding hydrogens is 494 g/mol. The van der Waals surface area contributed by atoms with Gasteiger partial charge in [-0.05, 0) is 39.7 Å². The van der Waals surface area contributed by atoms with E-state index >= 15 is 0 Å². The van der Waals surface area contributed by atoms with E-state index in [-0.39, 0.29) is 12.6 Å². The smallest absolute Gasteiger partial charge is 0.311 e. The fraction of sp³-hybridized carbons (Fsp3) is 0.556. The summed E-state index contributed by atoms with van der Waals surface area (Å²) in [5.74, 6) is -0.300. The predicted molar refractivity (Wildman–Crippen MR) is 169 cm³/mol. The maximum absolute atomic E-state index is 12.9. The van der Waals surface area contributed by atoms with Gasteiger partial charge in [0.25, 0.3) is 0 Å². The third-order valence-corrected chi connectivity index (χ3v) is 7.11. The number of allylic oxidation sites excluding steroid dienone is 1. The van der Waals surface area contributed by atoms with Crippen molar-refractivity contribution in [1.82, 2.24) is 0 Å². The van der Waals surface area contributed by atoms with E-state index < -0.39 is 17.6 Å². The van der Waals surface area contributed by atoms with Crippen LogP contribution in [-0.4, -0.2) is 35.5 Å². The summed E-state index contributed by atoms with van der Waals surface area (Å²) in [5.41, 5.74) is 2.04. The van der Waals surface area contributed by atoms with E-state index in [0.29, 0.717) is 0 Å². The van der Waals surface area contributed by atoms with Crippen molar-refractivity contribution < 1.29 is 14.6 Å². The summed E-state index contributed by atoms with van der Waals surface area (Å²) in [6, 6.07) is 19.3. The van der Waals surface area contributed by atoms with E-state index in [2.05, 4.69) is 13.0 Å². The number of benzene rings is 2. The van der Waals surface area contributed by atoms with Crippen LogP contribution in [0.1, 0.15) is 116 Å². The van der Waals surface area contributed by atoms with E-state index in [1.165, 1.54) is 64.2 Å². The molecule has 2 atom stereocenters. The Morgan fingerprint density at radius 2 is 1.27 bits per heavy atom. The lowest BCUT2D eigenvalue weighted by atomic mass is 9.97. The summed E-state index contributed by atoms with van der Waals surface area (Å²) in [5, 5.41) is 10.4. The standard InChI is InChI=1S/C36H53NO3/c1-5-6-7-8-9-10-11-12-13-14-15-16-23-28-33(40-35(39)36(2,3)4)32(29-38)37-34(30-24-19-17-20-25-30)31-26-21-18-22-27-31/h17-28,32-33,38H,5-16,29H2,1-4H3/b28-23+/t32-,33-/m0/s1. The number of aliphatic imine (C=N–C) groups is 1. The molecule has 2 aromatic rings. The molecule has 2 rings (SSSR count). The molecular formula is C36H53NO3. The fourth-order valence-electron chi connectivity index (χ4n) is 4.59. The van der Waals surface area contributed by atoms with Crippen molar-refractivity contribution >= 4 is 11.7 Å². The molecule has 0 amide bonds. The first-order valence-electron chi connectivity index (χ1n) is 15.5. The van der Waals surface area contributed by atoms with E-state index in [9.17, 15) is 9.90 Å². The van der Waals surface area contributed by atoms with Crippen LogP contribution < -0.4 is 0 Å². The summed E-state index contributed by atoms with van der Waals surface area (Å²) < 4.78 is 5.95. The molecule has 220 valence electrons. The van der Waals surface area contributed by atoms with Gasteiger partial charge in [-0.3, -0.25) is 9.79 Å². The van der Waals surface area contributed by atoms with Gasteiger partial charge in [-0.2, -0.15) is 0 Å². The van der Waals surface area contributed by atoms with Crippen LogP contribution in [0.3, 0.4) is 0 Å². The number of hydrogen-bond donors (Lipinski definition) is 1.